The van der Waals surface area contributed by atoms with Crippen LogP contribution in [-0.4, -0.2) is 26.6 Å². The van der Waals surface area contributed by atoms with E-state index in [0.29, 0.717) is 5.69 Å². The molecule has 1 aromatic carbocycles. The number of para-hydroxylation sites is 1. The van der Waals surface area contributed by atoms with Crippen LogP contribution < -0.4 is 10.0 Å². The molecule has 6 heteroatoms. The van der Waals surface area contributed by atoms with Crippen LogP contribution in [0, 0.1) is 0 Å². The van der Waals surface area contributed by atoms with Gasteiger partial charge in [-0.3, -0.25) is 4.79 Å². The van der Waals surface area contributed by atoms with E-state index in [0.717, 1.165) is 5.56 Å². The predicted octanol–water partition coefficient (Wildman–Crippen LogP) is 1.86. The largest absolute Gasteiger partial charge is 0.325 e. The smallest absolute Gasteiger partial charge is 0.239 e. The van der Waals surface area contributed by atoms with Crippen molar-refractivity contribution >= 4 is 21.6 Å². The van der Waals surface area contributed by atoms with Crippen molar-refractivity contribution in [2.24, 2.45) is 0 Å². The third-order valence-corrected chi connectivity index (χ3v) is 4.19. The second kappa shape index (κ2) is 6.37. The maximum absolute atomic E-state index is 11.8. The third-order valence-electron chi connectivity index (χ3n) is 2.84. The topological polar surface area (TPSA) is 75.3 Å². The van der Waals surface area contributed by atoms with Gasteiger partial charge in [-0.25, -0.2) is 13.1 Å². The van der Waals surface area contributed by atoms with E-state index in [4.69, 9.17) is 0 Å². The molecule has 1 rings (SSSR count). The minimum atomic E-state index is -3.36. The number of hydrogen-bond acceptors (Lipinski definition) is 3. The van der Waals surface area contributed by atoms with E-state index in [1.807, 2.05) is 24.3 Å². The van der Waals surface area contributed by atoms with Crippen molar-refractivity contribution in [3.8, 4) is 0 Å². The number of carbonyl (C=O) groups excluding carboxylic acids is 1. The Balaban J connectivity index is 2.77. The van der Waals surface area contributed by atoms with Crippen LogP contribution in [0.2, 0.25) is 0 Å². The van der Waals surface area contributed by atoms with Gasteiger partial charge in [-0.2, -0.15) is 0 Å². The Morgan fingerprint density at radius 1 is 1.20 bits per heavy atom. The van der Waals surface area contributed by atoms with Crippen LogP contribution in [0.5, 0.6) is 0 Å². The van der Waals surface area contributed by atoms with Crippen LogP contribution in [-0.2, 0) is 20.2 Å². The van der Waals surface area contributed by atoms with Crippen LogP contribution in [0.25, 0.3) is 0 Å². The average molecular weight is 298 g/mol. The van der Waals surface area contributed by atoms with E-state index in [1.54, 1.807) is 0 Å². The van der Waals surface area contributed by atoms with E-state index in [1.165, 1.54) is 6.92 Å². The molecule has 0 saturated carbocycles. The SMILES string of the molecule is CCS(=O)(=O)NCC(=O)Nc1ccccc1C(C)(C)C. The lowest BCUT2D eigenvalue weighted by Crippen LogP contribution is -2.34. The highest BCUT2D eigenvalue weighted by molar-refractivity contribution is 7.89. The number of sulfonamides is 1. The van der Waals surface area contributed by atoms with Crippen molar-refractivity contribution < 1.29 is 13.2 Å². The number of rotatable bonds is 5. The summed E-state index contributed by atoms with van der Waals surface area (Å²) in [6.07, 6.45) is 0. The molecule has 0 heterocycles. The zero-order valence-electron chi connectivity index (χ0n) is 12.4. The molecule has 1 amide bonds. The van der Waals surface area contributed by atoms with Crippen LogP contribution in [0.3, 0.4) is 0 Å². The van der Waals surface area contributed by atoms with E-state index >= 15 is 0 Å². The molecule has 0 aromatic heterocycles. The molecule has 0 saturated heterocycles. The first-order valence-corrected chi connectivity index (χ1v) is 8.17. The van der Waals surface area contributed by atoms with Crippen molar-refractivity contribution in [2.45, 2.75) is 33.1 Å². The fourth-order valence-electron chi connectivity index (χ4n) is 1.72. The Bertz CT molecular complexity index is 574. The van der Waals surface area contributed by atoms with Crippen LogP contribution in [0.4, 0.5) is 5.69 Å². The van der Waals surface area contributed by atoms with Crippen LogP contribution >= 0.6 is 0 Å². The molecule has 5 nitrogen and oxygen atoms in total. The number of hydrogen-bond donors (Lipinski definition) is 2. The highest BCUT2D eigenvalue weighted by atomic mass is 32.2. The summed E-state index contributed by atoms with van der Waals surface area (Å²) in [5.74, 6) is -0.419. The molecule has 0 spiro atoms. The molecular weight excluding hydrogens is 276 g/mol. The summed E-state index contributed by atoms with van der Waals surface area (Å²) < 4.78 is 24.8. The van der Waals surface area contributed by atoms with Gasteiger partial charge in [-0.1, -0.05) is 39.0 Å². The number of anilines is 1. The standard InChI is InChI=1S/C14H22N2O3S/c1-5-20(18,19)15-10-13(17)16-12-9-7-6-8-11(12)14(2,3)4/h6-9,15H,5,10H2,1-4H3,(H,16,17). The monoisotopic (exact) mass is 298 g/mol. The van der Waals surface area contributed by atoms with Gasteiger partial charge in [-0.05, 0) is 24.0 Å². The lowest BCUT2D eigenvalue weighted by molar-refractivity contribution is -0.115. The quantitative estimate of drug-likeness (QED) is 0.871. The van der Waals surface area contributed by atoms with Crippen LogP contribution in [0.1, 0.15) is 33.3 Å². The van der Waals surface area contributed by atoms with Crippen molar-refractivity contribution in [1.29, 1.82) is 0 Å². The molecule has 1 aromatic rings. The fourth-order valence-corrected chi connectivity index (χ4v) is 2.27. The van der Waals surface area contributed by atoms with Crippen molar-refractivity contribution in [3.05, 3.63) is 29.8 Å². The van der Waals surface area contributed by atoms with Gasteiger partial charge in [0, 0.05) is 5.69 Å². The number of nitrogens with one attached hydrogen (secondary N) is 2. The number of amides is 1. The maximum Gasteiger partial charge on any atom is 0.239 e. The second-order valence-electron chi connectivity index (χ2n) is 5.57. The summed E-state index contributed by atoms with van der Waals surface area (Å²) in [5.41, 5.74) is 1.61. The Labute approximate surface area is 120 Å². The molecule has 0 aliphatic carbocycles. The van der Waals surface area contributed by atoms with Gasteiger partial charge in [0.05, 0.1) is 12.3 Å². The summed E-state index contributed by atoms with van der Waals surface area (Å²) in [5, 5.41) is 2.75. The van der Waals surface area contributed by atoms with Crippen molar-refractivity contribution in [3.63, 3.8) is 0 Å². The predicted molar refractivity (Wildman–Crippen MR) is 81.2 cm³/mol. The first-order chi connectivity index (χ1) is 9.15. The summed E-state index contributed by atoms with van der Waals surface area (Å²) in [6.45, 7) is 7.43. The van der Waals surface area contributed by atoms with Gasteiger partial charge in [0.25, 0.3) is 0 Å². The van der Waals surface area contributed by atoms with Crippen molar-refractivity contribution in [1.82, 2.24) is 4.72 Å². The summed E-state index contributed by atoms with van der Waals surface area (Å²) in [7, 11) is -3.36. The van der Waals surface area contributed by atoms with Crippen molar-refractivity contribution in [2.75, 3.05) is 17.6 Å². The average Bonchev–Trinajstić information content (AvgIpc) is 2.36. The number of benzene rings is 1. The van der Waals surface area contributed by atoms with Gasteiger partial charge in [0.15, 0.2) is 0 Å². The van der Waals surface area contributed by atoms with E-state index in [-0.39, 0.29) is 23.6 Å². The molecule has 2 N–H and O–H groups in total. The summed E-state index contributed by atoms with van der Waals surface area (Å²) in [6, 6.07) is 7.51. The molecule has 0 unspecified atom stereocenters. The number of carbonyl (C=O) groups is 1. The van der Waals surface area contributed by atoms with Gasteiger partial charge in [-0.15, -0.1) is 0 Å². The minimum absolute atomic E-state index is 0.0428. The zero-order valence-corrected chi connectivity index (χ0v) is 13.2. The molecule has 0 atom stereocenters. The fraction of sp³-hybridized carbons (Fsp3) is 0.500. The molecule has 112 valence electrons. The van der Waals surface area contributed by atoms with E-state index < -0.39 is 10.0 Å². The highest BCUT2D eigenvalue weighted by Crippen LogP contribution is 2.29. The van der Waals surface area contributed by atoms with Gasteiger partial charge >= 0.3 is 0 Å². The molecule has 0 aliphatic heterocycles. The molecule has 0 aliphatic rings. The maximum atomic E-state index is 11.8. The Kier molecular flexibility index (Phi) is 5.30. The molecule has 0 fully saturated rings. The Hall–Kier alpha value is -1.40. The normalized spacial score (nSPS) is 12.2. The minimum Gasteiger partial charge on any atom is -0.325 e. The van der Waals surface area contributed by atoms with E-state index in [2.05, 4.69) is 30.8 Å². The van der Waals surface area contributed by atoms with E-state index in [9.17, 15) is 13.2 Å². The second-order valence-corrected chi connectivity index (χ2v) is 7.66. The molecular formula is C14H22N2O3S. The molecule has 20 heavy (non-hydrogen) atoms. The highest BCUT2D eigenvalue weighted by Gasteiger charge is 2.18. The van der Waals surface area contributed by atoms with Gasteiger partial charge < -0.3 is 5.32 Å². The van der Waals surface area contributed by atoms with Gasteiger partial charge in [0.2, 0.25) is 15.9 Å². The Morgan fingerprint density at radius 3 is 2.35 bits per heavy atom. The lowest BCUT2D eigenvalue weighted by Gasteiger charge is -2.23. The third kappa shape index (κ3) is 4.94. The lowest BCUT2D eigenvalue weighted by atomic mass is 9.86. The first kappa shape index (κ1) is 16.7. The summed E-state index contributed by atoms with van der Waals surface area (Å²) >= 11 is 0. The first-order valence-electron chi connectivity index (χ1n) is 6.52. The van der Waals surface area contributed by atoms with Gasteiger partial charge in [0.1, 0.15) is 0 Å². The molecule has 0 bridgehead atoms. The van der Waals surface area contributed by atoms with Crippen LogP contribution in [0.15, 0.2) is 24.3 Å². The zero-order chi connectivity index (χ0) is 15.4. The summed E-state index contributed by atoms with van der Waals surface area (Å²) in [4.78, 5) is 11.8. The molecule has 0 radical (unpaired) electrons. The Morgan fingerprint density at radius 2 is 1.80 bits per heavy atom.